The number of benzene rings is 1. The zero-order chi connectivity index (χ0) is 18.2. The van der Waals surface area contributed by atoms with Crippen molar-refractivity contribution in [3.8, 4) is 0 Å². The molecule has 0 saturated carbocycles. The molecule has 0 spiro atoms. The van der Waals surface area contributed by atoms with E-state index in [2.05, 4.69) is 16.1 Å². The van der Waals surface area contributed by atoms with E-state index in [9.17, 15) is 4.79 Å². The van der Waals surface area contributed by atoms with Gasteiger partial charge in [-0.2, -0.15) is 0 Å². The molecule has 0 saturated heterocycles. The molecule has 134 valence electrons. The Morgan fingerprint density at radius 2 is 2.12 bits per heavy atom. The number of amides is 1. The van der Waals surface area contributed by atoms with Crippen LogP contribution in [0.2, 0.25) is 0 Å². The first-order valence-corrected chi connectivity index (χ1v) is 8.42. The van der Waals surface area contributed by atoms with Gasteiger partial charge in [-0.05, 0) is 29.7 Å². The summed E-state index contributed by atoms with van der Waals surface area (Å²) in [4.78, 5) is 22.6. The van der Waals surface area contributed by atoms with Gasteiger partial charge in [-0.3, -0.25) is 4.98 Å². The van der Waals surface area contributed by atoms with Gasteiger partial charge in [0, 0.05) is 6.54 Å². The second-order valence-electron chi connectivity index (χ2n) is 5.85. The van der Waals surface area contributed by atoms with E-state index in [4.69, 9.17) is 9.47 Å². The fourth-order valence-electron chi connectivity index (χ4n) is 2.66. The maximum atomic E-state index is 12.3. The molecule has 0 unspecified atom stereocenters. The molecule has 6 heteroatoms. The van der Waals surface area contributed by atoms with Crippen molar-refractivity contribution in [3.63, 3.8) is 0 Å². The van der Waals surface area contributed by atoms with Gasteiger partial charge in [-0.25, -0.2) is 9.79 Å². The third-order valence-electron chi connectivity index (χ3n) is 4.00. The van der Waals surface area contributed by atoms with E-state index in [0.29, 0.717) is 18.8 Å². The molecule has 0 atom stereocenters. The van der Waals surface area contributed by atoms with Crippen LogP contribution in [-0.2, 0) is 16.1 Å². The van der Waals surface area contributed by atoms with E-state index in [1.54, 1.807) is 18.2 Å². The maximum absolute atomic E-state index is 12.3. The molecule has 0 radical (unpaired) electrons. The highest BCUT2D eigenvalue weighted by molar-refractivity contribution is 5.74. The van der Waals surface area contributed by atoms with Gasteiger partial charge in [0.05, 0.1) is 31.2 Å². The minimum Gasteiger partial charge on any atom is -0.486 e. The lowest BCUT2D eigenvalue weighted by Crippen LogP contribution is -2.35. The van der Waals surface area contributed by atoms with Crippen LogP contribution in [0.4, 0.5) is 10.5 Å². The lowest BCUT2D eigenvalue weighted by molar-refractivity contribution is 0.100. The molecule has 0 fully saturated rings. The van der Waals surface area contributed by atoms with Crippen LogP contribution < -0.4 is 0 Å². The van der Waals surface area contributed by atoms with E-state index in [-0.39, 0.29) is 12.7 Å². The molecule has 1 aliphatic rings. The number of hydrogen-bond acceptors (Lipinski definition) is 5. The molecule has 3 rings (SSSR count). The lowest BCUT2D eigenvalue weighted by Gasteiger charge is -2.26. The summed E-state index contributed by atoms with van der Waals surface area (Å²) in [7, 11) is 1.55. The highest BCUT2D eigenvalue weighted by Crippen LogP contribution is 2.21. The second-order valence-corrected chi connectivity index (χ2v) is 5.85. The summed E-state index contributed by atoms with van der Waals surface area (Å²) < 4.78 is 10.2. The van der Waals surface area contributed by atoms with Crippen molar-refractivity contribution in [1.29, 1.82) is 0 Å². The fourth-order valence-corrected chi connectivity index (χ4v) is 2.66. The van der Waals surface area contributed by atoms with Crippen molar-refractivity contribution >= 4 is 23.8 Å². The summed E-state index contributed by atoms with van der Waals surface area (Å²) in [5, 5.41) is 0. The zero-order valence-electron chi connectivity index (χ0n) is 14.7. The molecule has 1 aromatic heterocycles. The van der Waals surface area contributed by atoms with Crippen LogP contribution in [0, 0.1) is 0 Å². The molecule has 1 aromatic carbocycles. The van der Waals surface area contributed by atoms with Gasteiger partial charge in [-0.1, -0.05) is 36.4 Å². The van der Waals surface area contributed by atoms with E-state index in [1.807, 2.05) is 42.5 Å². The molecule has 0 bridgehead atoms. The molecule has 0 N–H and O–H groups in total. The van der Waals surface area contributed by atoms with E-state index in [0.717, 1.165) is 23.3 Å². The third kappa shape index (κ3) is 4.69. The fraction of sp³-hybridized carbons (Fsp3) is 0.250. The second kappa shape index (κ2) is 8.80. The van der Waals surface area contributed by atoms with Gasteiger partial charge in [0.25, 0.3) is 0 Å². The van der Waals surface area contributed by atoms with Crippen molar-refractivity contribution in [2.24, 2.45) is 4.99 Å². The summed E-state index contributed by atoms with van der Waals surface area (Å²) in [5.74, 6) is 0. The highest BCUT2D eigenvalue weighted by Gasteiger charge is 2.20. The number of pyridine rings is 1. The van der Waals surface area contributed by atoms with Gasteiger partial charge in [-0.15, -0.1) is 0 Å². The molecule has 1 amide bonds. The van der Waals surface area contributed by atoms with E-state index in [1.165, 1.54) is 6.40 Å². The molecular weight excluding hydrogens is 330 g/mol. The summed E-state index contributed by atoms with van der Waals surface area (Å²) >= 11 is 0. The molecule has 26 heavy (non-hydrogen) atoms. The van der Waals surface area contributed by atoms with Crippen LogP contribution >= 0.6 is 0 Å². The highest BCUT2D eigenvalue weighted by atomic mass is 16.6. The van der Waals surface area contributed by atoms with Crippen LogP contribution in [0.25, 0.3) is 5.57 Å². The topological polar surface area (TPSA) is 64.0 Å². The number of rotatable bonds is 5. The Labute approximate surface area is 152 Å². The summed E-state index contributed by atoms with van der Waals surface area (Å²) in [6.07, 6.45) is 5.63. The van der Waals surface area contributed by atoms with Crippen molar-refractivity contribution in [3.05, 3.63) is 66.0 Å². The largest absolute Gasteiger partial charge is 0.486 e. The van der Waals surface area contributed by atoms with Crippen LogP contribution in [0.5, 0.6) is 0 Å². The van der Waals surface area contributed by atoms with Crippen LogP contribution in [-0.4, -0.2) is 42.6 Å². The maximum Gasteiger partial charge on any atom is 0.410 e. The van der Waals surface area contributed by atoms with Gasteiger partial charge in [0.2, 0.25) is 0 Å². The molecule has 6 nitrogen and oxygen atoms in total. The van der Waals surface area contributed by atoms with Crippen LogP contribution in [0.1, 0.15) is 17.7 Å². The van der Waals surface area contributed by atoms with Crippen molar-refractivity contribution in [1.82, 2.24) is 9.88 Å². The monoisotopic (exact) mass is 351 g/mol. The zero-order valence-corrected chi connectivity index (χ0v) is 14.7. The number of carbonyl (C=O) groups is 1. The lowest BCUT2D eigenvalue weighted by atomic mass is 10.1. The standard InChI is InChI=1S/C20H21N3O3/c1-25-15-22-18-9-10-19(21-12-18)17-8-5-11-23(13-17)20(24)26-14-16-6-3-2-4-7-16/h2-4,6-10,12,15H,5,11,13-14H2,1H3/b22-15-. The Balaban J connectivity index is 1.58. The summed E-state index contributed by atoms with van der Waals surface area (Å²) in [5.41, 5.74) is 3.53. The van der Waals surface area contributed by atoms with Gasteiger partial charge < -0.3 is 14.4 Å². The first kappa shape index (κ1) is 17.7. The Morgan fingerprint density at radius 3 is 2.85 bits per heavy atom. The predicted octanol–water partition coefficient (Wildman–Crippen LogP) is 3.81. The van der Waals surface area contributed by atoms with Crippen molar-refractivity contribution in [2.75, 3.05) is 20.2 Å². The summed E-state index contributed by atoms with van der Waals surface area (Å²) in [6, 6.07) is 13.4. The molecule has 1 aliphatic heterocycles. The SMILES string of the molecule is CO/C=N\c1ccc(C2=CCCN(C(=O)OCc3ccccc3)C2)nc1. The first-order chi connectivity index (χ1) is 12.8. The normalized spacial score (nSPS) is 14.2. The Hall–Kier alpha value is -3.15. The number of aliphatic imine (C=N–C) groups is 1. The smallest absolute Gasteiger partial charge is 0.410 e. The number of ether oxygens (including phenoxy) is 2. The Morgan fingerprint density at radius 1 is 1.27 bits per heavy atom. The number of nitrogens with zero attached hydrogens (tertiary/aromatic N) is 3. The average Bonchev–Trinajstić information content (AvgIpc) is 2.71. The number of methoxy groups -OCH3 is 1. The Bertz CT molecular complexity index is 786. The molecule has 2 aromatic rings. The van der Waals surface area contributed by atoms with Gasteiger partial charge in [0.1, 0.15) is 6.61 Å². The predicted molar refractivity (Wildman–Crippen MR) is 100 cm³/mol. The third-order valence-corrected chi connectivity index (χ3v) is 4.00. The van der Waals surface area contributed by atoms with Crippen molar-refractivity contribution < 1.29 is 14.3 Å². The molecular formula is C20H21N3O3. The molecule has 0 aliphatic carbocycles. The number of carbonyl (C=O) groups excluding carboxylic acids is 1. The van der Waals surface area contributed by atoms with Gasteiger partial charge in [0.15, 0.2) is 6.40 Å². The van der Waals surface area contributed by atoms with Gasteiger partial charge >= 0.3 is 6.09 Å². The van der Waals surface area contributed by atoms with Crippen molar-refractivity contribution in [2.45, 2.75) is 13.0 Å². The first-order valence-electron chi connectivity index (χ1n) is 8.42. The Kier molecular flexibility index (Phi) is 5.98. The quantitative estimate of drug-likeness (QED) is 0.607. The van der Waals surface area contributed by atoms with Crippen LogP contribution in [0.15, 0.2) is 59.7 Å². The number of aromatic nitrogens is 1. The summed E-state index contributed by atoms with van der Waals surface area (Å²) in [6.45, 7) is 1.41. The van der Waals surface area contributed by atoms with Crippen LogP contribution in [0.3, 0.4) is 0 Å². The van der Waals surface area contributed by atoms with E-state index >= 15 is 0 Å². The average molecular weight is 351 g/mol. The minimum atomic E-state index is -0.305. The molecule has 2 heterocycles. The minimum absolute atomic E-state index is 0.277. The van der Waals surface area contributed by atoms with E-state index < -0.39 is 0 Å². The number of hydrogen-bond donors (Lipinski definition) is 0.